The van der Waals surface area contributed by atoms with Crippen LogP contribution < -0.4 is 10.1 Å². The molecular formula is C18H18BrNO4. The molecule has 0 aliphatic rings. The van der Waals surface area contributed by atoms with Crippen LogP contribution in [0, 0.1) is 13.8 Å². The molecule has 0 heterocycles. The molecule has 2 rings (SSSR count). The van der Waals surface area contributed by atoms with Crippen molar-refractivity contribution >= 4 is 33.5 Å². The highest BCUT2D eigenvalue weighted by Crippen LogP contribution is 2.26. The molecule has 0 fully saturated rings. The van der Waals surface area contributed by atoms with Gasteiger partial charge in [0.15, 0.2) is 6.61 Å². The SMILES string of the molecule is COC(=O)c1ccc(OCC(=O)Nc2cc(C)ccc2C)c(Br)c1. The van der Waals surface area contributed by atoms with Gasteiger partial charge in [0, 0.05) is 5.69 Å². The number of carbonyl (C=O) groups is 2. The summed E-state index contributed by atoms with van der Waals surface area (Å²) in [4.78, 5) is 23.5. The van der Waals surface area contributed by atoms with Crippen LogP contribution in [0.1, 0.15) is 21.5 Å². The van der Waals surface area contributed by atoms with Crippen molar-refractivity contribution in [2.24, 2.45) is 0 Å². The van der Waals surface area contributed by atoms with Crippen LogP contribution in [0.4, 0.5) is 5.69 Å². The van der Waals surface area contributed by atoms with Gasteiger partial charge in [-0.05, 0) is 65.2 Å². The molecule has 5 nitrogen and oxygen atoms in total. The molecule has 0 aliphatic carbocycles. The third-order valence-corrected chi connectivity index (χ3v) is 4.00. The van der Waals surface area contributed by atoms with Crippen LogP contribution in [0.5, 0.6) is 5.75 Å². The van der Waals surface area contributed by atoms with E-state index in [-0.39, 0.29) is 12.5 Å². The molecule has 0 saturated carbocycles. The van der Waals surface area contributed by atoms with Gasteiger partial charge in [0.2, 0.25) is 0 Å². The summed E-state index contributed by atoms with van der Waals surface area (Å²) < 4.78 is 10.7. The fourth-order valence-corrected chi connectivity index (χ4v) is 2.56. The number of benzene rings is 2. The number of ether oxygens (including phenoxy) is 2. The van der Waals surface area contributed by atoms with Crippen molar-refractivity contribution in [3.8, 4) is 5.75 Å². The van der Waals surface area contributed by atoms with E-state index in [4.69, 9.17) is 4.74 Å². The predicted molar refractivity (Wildman–Crippen MR) is 95.5 cm³/mol. The monoisotopic (exact) mass is 391 g/mol. The lowest BCUT2D eigenvalue weighted by atomic mass is 10.1. The first-order chi connectivity index (χ1) is 11.4. The van der Waals surface area contributed by atoms with Crippen LogP contribution in [0.15, 0.2) is 40.9 Å². The average Bonchev–Trinajstić information content (AvgIpc) is 2.56. The van der Waals surface area contributed by atoms with Gasteiger partial charge < -0.3 is 14.8 Å². The van der Waals surface area contributed by atoms with Crippen molar-refractivity contribution in [3.05, 3.63) is 57.6 Å². The Balaban J connectivity index is 1.99. The lowest BCUT2D eigenvalue weighted by Crippen LogP contribution is -2.20. The molecule has 1 amide bonds. The minimum Gasteiger partial charge on any atom is -0.483 e. The average molecular weight is 392 g/mol. The summed E-state index contributed by atoms with van der Waals surface area (Å²) in [6.07, 6.45) is 0. The normalized spacial score (nSPS) is 10.2. The topological polar surface area (TPSA) is 64.6 Å². The van der Waals surface area contributed by atoms with E-state index in [1.54, 1.807) is 18.2 Å². The smallest absolute Gasteiger partial charge is 0.337 e. The maximum Gasteiger partial charge on any atom is 0.337 e. The summed E-state index contributed by atoms with van der Waals surface area (Å²) in [5.74, 6) is -0.221. The van der Waals surface area contributed by atoms with Gasteiger partial charge in [-0.1, -0.05) is 12.1 Å². The fourth-order valence-electron chi connectivity index (χ4n) is 2.06. The molecule has 2 aromatic carbocycles. The van der Waals surface area contributed by atoms with Crippen molar-refractivity contribution in [1.82, 2.24) is 0 Å². The third-order valence-electron chi connectivity index (χ3n) is 3.38. The molecule has 24 heavy (non-hydrogen) atoms. The number of rotatable bonds is 5. The summed E-state index contributed by atoms with van der Waals surface area (Å²) in [5, 5.41) is 2.83. The summed E-state index contributed by atoms with van der Waals surface area (Å²) in [7, 11) is 1.32. The van der Waals surface area contributed by atoms with Gasteiger partial charge in [-0.2, -0.15) is 0 Å². The first-order valence-electron chi connectivity index (χ1n) is 7.28. The molecule has 1 N–H and O–H groups in total. The third kappa shape index (κ3) is 4.58. The summed E-state index contributed by atoms with van der Waals surface area (Å²) in [6, 6.07) is 10.6. The van der Waals surface area contributed by atoms with E-state index >= 15 is 0 Å². The maximum absolute atomic E-state index is 12.1. The second-order valence-electron chi connectivity index (χ2n) is 5.29. The van der Waals surface area contributed by atoms with Crippen molar-refractivity contribution < 1.29 is 19.1 Å². The molecule has 0 spiro atoms. The Morgan fingerprint density at radius 2 is 1.88 bits per heavy atom. The fraction of sp³-hybridized carbons (Fsp3) is 0.222. The van der Waals surface area contributed by atoms with Crippen LogP contribution in [-0.4, -0.2) is 25.6 Å². The quantitative estimate of drug-likeness (QED) is 0.785. The molecule has 0 unspecified atom stereocenters. The van der Waals surface area contributed by atoms with Gasteiger partial charge in [0.25, 0.3) is 5.91 Å². The van der Waals surface area contributed by atoms with E-state index in [1.165, 1.54) is 7.11 Å². The highest BCUT2D eigenvalue weighted by molar-refractivity contribution is 9.10. The number of methoxy groups -OCH3 is 1. The molecule has 0 atom stereocenters. The van der Waals surface area contributed by atoms with Gasteiger partial charge in [-0.15, -0.1) is 0 Å². The Bertz CT molecular complexity index is 774. The van der Waals surface area contributed by atoms with Crippen LogP contribution >= 0.6 is 15.9 Å². The molecule has 0 aliphatic heterocycles. The van der Waals surface area contributed by atoms with E-state index in [0.717, 1.165) is 16.8 Å². The lowest BCUT2D eigenvalue weighted by Gasteiger charge is -2.11. The molecule has 6 heteroatoms. The van der Waals surface area contributed by atoms with Gasteiger partial charge in [-0.25, -0.2) is 4.79 Å². The summed E-state index contributed by atoms with van der Waals surface area (Å²) in [6.45, 7) is 3.76. The Labute approximate surface area is 149 Å². The lowest BCUT2D eigenvalue weighted by molar-refractivity contribution is -0.118. The van der Waals surface area contributed by atoms with Gasteiger partial charge >= 0.3 is 5.97 Å². The number of hydrogen-bond donors (Lipinski definition) is 1. The maximum atomic E-state index is 12.1. The molecule has 0 aromatic heterocycles. The summed E-state index contributed by atoms with van der Waals surface area (Å²) in [5.41, 5.74) is 3.22. The van der Waals surface area contributed by atoms with Crippen molar-refractivity contribution in [2.45, 2.75) is 13.8 Å². The molecule has 0 radical (unpaired) electrons. The minimum absolute atomic E-state index is 0.135. The highest BCUT2D eigenvalue weighted by Gasteiger charge is 2.11. The number of halogens is 1. The first kappa shape index (κ1) is 18.0. The Morgan fingerprint density at radius 3 is 2.54 bits per heavy atom. The zero-order chi connectivity index (χ0) is 17.7. The molecule has 126 valence electrons. The van der Waals surface area contributed by atoms with Crippen LogP contribution in [0.25, 0.3) is 0 Å². The van der Waals surface area contributed by atoms with Crippen molar-refractivity contribution in [3.63, 3.8) is 0 Å². The van der Waals surface area contributed by atoms with Crippen molar-refractivity contribution in [2.75, 3.05) is 19.0 Å². The number of amides is 1. The predicted octanol–water partition coefficient (Wildman–Crippen LogP) is 3.87. The largest absolute Gasteiger partial charge is 0.483 e. The Hall–Kier alpha value is -2.34. The number of nitrogens with one attached hydrogen (secondary N) is 1. The van der Waals surface area contributed by atoms with E-state index in [1.807, 2.05) is 32.0 Å². The second-order valence-corrected chi connectivity index (χ2v) is 6.15. The standard InChI is InChI=1S/C18H18BrNO4/c1-11-4-5-12(2)15(8-11)20-17(21)10-24-16-7-6-13(9-14(16)19)18(22)23-3/h4-9H,10H2,1-3H3,(H,20,21). The number of anilines is 1. The molecule has 2 aromatic rings. The van der Waals surface area contributed by atoms with Gasteiger partial charge in [-0.3, -0.25) is 4.79 Å². The number of aryl methyl sites for hydroxylation is 2. The van der Waals surface area contributed by atoms with Crippen molar-refractivity contribution in [1.29, 1.82) is 0 Å². The zero-order valence-electron chi connectivity index (χ0n) is 13.7. The minimum atomic E-state index is -0.435. The first-order valence-corrected chi connectivity index (χ1v) is 8.08. The number of esters is 1. The van der Waals surface area contributed by atoms with Gasteiger partial charge in [0.05, 0.1) is 17.1 Å². The van der Waals surface area contributed by atoms with E-state index in [0.29, 0.717) is 15.8 Å². The molecule has 0 bridgehead atoms. The van der Waals surface area contributed by atoms with Gasteiger partial charge in [0.1, 0.15) is 5.75 Å². The van der Waals surface area contributed by atoms with Crippen LogP contribution in [0.3, 0.4) is 0 Å². The summed E-state index contributed by atoms with van der Waals surface area (Å²) >= 11 is 3.32. The van der Waals surface area contributed by atoms with E-state index in [2.05, 4.69) is 26.0 Å². The molecular weight excluding hydrogens is 374 g/mol. The van der Waals surface area contributed by atoms with Crippen LogP contribution in [0.2, 0.25) is 0 Å². The van der Waals surface area contributed by atoms with E-state index in [9.17, 15) is 9.59 Å². The molecule has 0 saturated heterocycles. The number of carbonyl (C=O) groups excluding carboxylic acids is 2. The Kier molecular flexibility index (Phi) is 5.98. The van der Waals surface area contributed by atoms with E-state index < -0.39 is 5.97 Å². The zero-order valence-corrected chi connectivity index (χ0v) is 15.3. The number of hydrogen-bond acceptors (Lipinski definition) is 4. The van der Waals surface area contributed by atoms with Crippen LogP contribution in [-0.2, 0) is 9.53 Å². The highest BCUT2D eigenvalue weighted by atomic mass is 79.9. The second kappa shape index (κ2) is 7.97. The Morgan fingerprint density at radius 1 is 1.12 bits per heavy atom.